The molecule has 0 saturated carbocycles. The standard InChI is InChI=1S/C24H34N2O6S/c1-8-26-18(5)22(17(4)23(26)24(28)32-7)21(27)15-25(14-13-16(2)3)33(29,30)20-11-9-19(31-6)10-12-20/h9-12,16H,8,13-15H2,1-7H3. The number of hydrogen-bond acceptors (Lipinski definition) is 6. The van der Waals surface area contributed by atoms with Crippen molar-refractivity contribution in [1.82, 2.24) is 8.87 Å². The van der Waals surface area contributed by atoms with Crippen LogP contribution in [0.4, 0.5) is 0 Å². The number of sulfonamides is 1. The summed E-state index contributed by atoms with van der Waals surface area (Å²) in [7, 11) is -1.12. The van der Waals surface area contributed by atoms with Gasteiger partial charge in [-0.25, -0.2) is 13.2 Å². The molecule has 0 aliphatic rings. The molecule has 182 valence electrons. The minimum absolute atomic E-state index is 0.0923. The van der Waals surface area contributed by atoms with Crippen molar-refractivity contribution in [2.75, 3.05) is 27.3 Å². The normalized spacial score (nSPS) is 11.8. The molecule has 2 rings (SSSR count). The molecule has 0 fully saturated rings. The molecular formula is C24H34N2O6S. The highest BCUT2D eigenvalue weighted by molar-refractivity contribution is 7.89. The lowest BCUT2D eigenvalue weighted by molar-refractivity contribution is 0.0587. The first kappa shape index (κ1) is 26.6. The summed E-state index contributed by atoms with van der Waals surface area (Å²) in [4.78, 5) is 25.8. The van der Waals surface area contributed by atoms with Crippen molar-refractivity contribution in [3.05, 3.63) is 46.8 Å². The molecule has 1 aromatic carbocycles. The molecule has 0 aliphatic carbocycles. The Morgan fingerprint density at radius 1 is 1.09 bits per heavy atom. The van der Waals surface area contributed by atoms with Gasteiger partial charge >= 0.3 is 5.97 Å². The molecule has 0 N–H and O–H groups in total. The minimum atomic E-state index is -3.92. The molecular weight excluding hydrogens is 444 g/mol. The van der Waals surface area contributed by atoms with Crippen molar-refractivity contribution in [1.29, 1.82) is 0 Å². The lowest BCUT2D eigenvalue weighted by Crippen LogP contribution is -2.37. The number of carbonyl (C=O) groups excluding carboxylic acids is 2. The van der Waals surface area contributed by atoms with Gasteiger partial charge in [-0.15, -0.1) is 0 Å². The van der Waals surface area contributed by atoms with Crippen LogP contribution >= 0.6 is 0 Å². The number of hydrogen-bond donors (Lipinski definition) is 0. The number of Topliss-reactive ketones (excluding diaryl/α,β-unsaturated/α-hetero) is 1. The van der Waals surface area contributed by atoms with Crippen molar-refractivity contribution < 1.29 is 27.5 Å². The maximum Gasteiger partial charge on any atom is 0.354 e. The van der Waals surface area contributed by atoms with E-state index >= 15 is 0 Å². The number of carbonyl (C=O) groups is 2. The highest BCUT2D eigenvalue weighted by Gasteiger charge is 2.31. The molecule has 8 nitrogen and oxygen atoms in total. The van der Waals surface area contributed by atoms with Crippen LogP contribution in [0.25, 0.3) is 0 Å². The predicted molar refractivity (Wildman–Crippen MR) is 126 cm³/mol. The van der Waals surface area contributed by atoms with E-state index in [1.165, 1.54) is 30.7 Å². The van der Waals surface area contributed by atoms with E-state index in [0.29, 0.717) is 41.2 Å². The predicted octanol–water partition coefficient (Wildman–Crippen LogP) is 3.84. The second kappa shape index (κ2) is 11.0. The third kappa shape index (κ3) is 5.65. The largest absolute Gasteiger partial charge is 0.497 e. The zero-order chi connectivity index (χ0) is 24.9. The number of methoxy groups -OCH3 is 2. The first-order chi connectivity index (χ1) is 15.5. The number of nitrogens with zero attached hydrogens (tertiary/aromatic N) is 2. The molecule has 1 aromatic heterocycles. The SMILES string of the molecule is CCn1c(C)c(C(=O)CN(CCC(C)C)S(=O)(=O)c2ccc(OC)cc2)c(C)c1C(=O)OC. The number of aromatic nitrogens is 1. The average molecular weight is 479 g/mol. The smallest absolute Gasteiger partial charge is 0.354 e. The Bertz CT molecular complexity index is 1100. The fraction of sp³-hybridized carbons (Fsp3) is 0.500. The quantitative estimate of drug-likeness (QED) is 0.360. The van der Waals surface area contributed by atoms with Crippen LogP contribution in [-0.2, 0) is 21.3 Å². The molecule has 0 saturated heterocycles. The van der Waals surface area contributed by atoms with Gasteiger partial charge in [-0.3, -0.25) is 4.79 Å². The first-order valence-electron chi connectivity index (χ1n) is 10.9. The van der Waals surface area contributed by atoms with Gasteiger partial charge in [0.25, 0.3) is 0 Å². The Morgan fingerprint density at radius 3 is 2.18 bits per heavy atom. The van der Waals surface area contributed by atoms with Crippen molar-refractivity contribution in [3.63, 3.8) is 0 Å². The second-order valence-corrected chi connectivity index (χ2v) is 10.2. The average Bonchev–Trinajstić information content (AvgIpc) is 3.04. The monoisotopic (exact) mass is 478 g/mol. The van der Waals surface area contributed by atoms with Crippen molar-refractivity contribution in [3.8, 4) is 5.75 Å². The Hall–Kier alpha value is -2.65. The number of benzene rings is 1. The molecule has 9 heteroatoms. The summed E-state index contributed by atoms with van der Waals surface area (Å²) < 4.78 is 39.8. The molecule has 0 radical (unpaired) electrons. The summed E-state index contributed by atoms with van der Waals surface area (Å²) in [5, 5.41) is 0. The van der Waals surface area contributed by atoms with E-state index in [-0.39, 0.29) is 29.7 Å². The fourth-order valence-corrected chi connectivity index (χ4v) is 5.29. The summed E-state index contributed by atoms with van der Waals surface area (Å²) in [6.45, 7) is 9.67. The van der Waals surface area contributed by atoms with Crippen LogP contribution in [0, 0.1) is 19.8 Å². The maximum absolute atomic E-state index is 13.4. The van der Waals surface area contributed by atoms with Gasteiger partial charge in [0.05, 0.1) is 25.7 Å². The van der Waals surface area contributed by atoms with E-state index in [0.717, 1.165) is 0 Å². The topological polar surface area (TPSA) is 94.9 Å². The number of esters is 1. The first-order valence-corrected chi connectivity index (χ1v) is 12.4. The van der Waals surface area contributed by atoms with Gasteiger partial charge < -0.3 is 14.0 Å². The molecule has 2 aromatic rings. The van der Waals surface area contributed by atoms with Crippen LogP contribution in [0.2, 0.25) is 0 Å². The van der Waals surface area contributed by atoms with Gasteiger partial charge in [0.15, 0.2) is 5.78 Å². The van der Waals surface area contributed by atoms with Crippen LogP contribution in [0.3, 0.4) is 0 Å². The van der Waals surface area contributed by atoms with Gasteiger partial charge in [-0.1, -0.05) is 13.8 Å². The Balaban J connectivity index is 2.48. The Morgan fingerprint density at radius 2 is 1.70 bits per heavy atom. The van der Waals surface area contributed by atoms with E-state index in [9.17, 15) is 18.0 Å². The molecule has 0 unspecified atom stereocenters. The molecule has 1 heterocycles. The van der Waals surface area contributed by atoms with E-state index in [4.69, 9.17) is 9.47 Å². The molecule has 33 heavy (non-hydrogen) atoms. The highest BCUT2D eigenvalue weighted by atomic mass is 32.2. The zero-order valence-corrected chi connectivity index (χ0v) is 21.3. The lowest BCUT2D eigenvalue weighted by Gasteiger charge is -2.23. The molecule has 0 atom stereocenters. The van der Waals surface area contributed by atoms with Gasteiger partial charge in [0, 0.05) is 24.3 Å². The zero-order valence-electron chi connectivity index (χ0n) is 20.5. The van der Waals surface area contributed by atoms with Crippen molar-refractivity contribution in [2.45, 2.75) is 52.5 Å². The summed E-state index contributed by atoms with van der Waals surface area (Å²) >= 11 is 0. The van der Waals surface area contributed by atoms with Gasteiger partial charge in [-0.05, 0) is 62.9 Å². The summed E-state index contributed by atoms with van der Waals surface area (Å²) in [6, 6.07) is 6.10. The number of ketones is 1. The second-order valence-electron chi connectivity index (χ2n) is 8.29. The molecule has 0 aliphatic heterocycles. The third-order valence-electron chi connectivity index (χ3n) is 5.71. The third-order valence-corrected chi connectivity index (χ3v) is 7.57. The van der Waals surface area contributed by atoms with Gasteiger partial charge in [-0.2, -0.15) is 4.31 Å². The van der Waals surface area contributed by atoms with Gasteiger partial charge in [0.2, 0.25) is 10.0 Å². The van der Waals surface area contributed by atoms with Crippen LogP contribution in [0.15, 0.2) is 29.2 Å². The summed E-state index contributed by atoms with van der Waals surface area (Å²) in [6.07, 6.45) is 0.601. The molecule has 0 bridgehead atoms. The van der Waals surface area contributed by atoms with Crippen molar-refractivity contribution in [2.24, 2.45) is 5.92 Å². The minimum Gasteiger partial charge on any atom is -0.497 e. The van der Waals surface area contributed by atoms with E-state index < -0.39 is 16.0 Å². The number of ether oxygens (including phenoxy) is 2. The molecule has 0 spiro atoms. The van der Waals surface area contributed by atoms with Crippen LogP contribution in [-0.4, -0.2) is 56.4 Å². The lowest BCUT2D eigenvalue weighted by atomic mass is 10.1. The van der Waals surface area contributed by atoms with Crippen LogP contribution < -0.4 is 4.74 Å². The molecule has 0 amide bonds. The van der Waals surface area contributed by atoms with E-state index in [2.05, 4.69) is 0 Å². The highest BCUT2D eigenvalue weighted by Crippen LogP contribution is 2.26. The maximum atomic E-state index is 13.4. The Labute approximate surface area is 196 Å². The van der Waals surface area contributed by atoms with E-state index in [1.807, 2.05) is 20.8 Å². The van der Waals surface area contributed by atoms with Crippen molar-refractivity contribution >= 4 is 21.8 Å². The Kier molecular flexibility index (Phi) is 8.85. The number of rotatable bonds is 11. The van der Waals surface area contributed by atoms with Gasteiger partial charge in [0.1, 0.15) is 11.4 Å². The van der Waals surface area contributed by atoms with E-state index in [1.54, 1.807) is 30.5 Å². The summed E-state index contributed by atoms with van der Waals surface area (Å²) in [5.74, 6) is -0.0901. The van der Waals surface area contributed by atoms with Crippen LogP contribution in [0.5, 0.6) is 5.75 Å². The fourth-order valence-electron chi connectivity index (χ4n) is 3.88. The van der Waals surface area contributed by atoms with Crippen LogP contribution in [0.1, 0.15) is 59.3 Å². The summed E-state index contributed by atoms with van der Waals surface area (Å²) in [5.41, 5.74) is 1.78.